The molecule has 2 N–H and O–H groups in total. The molecule has 0 amide bonds. The molecule has 1 aromatic rings. The second-order valence-corrected chi connectivity index (χ2v) is 7.50. The van der Waals surface area contributed by atoms with Crippen LogP contribution in [0.4, 0.5) is 4.39 Å². The van der Waals surface area contributed by atoms with Crippen molar-refractivity contribution in [2.75, 3.05) is 6.61 Å². The van der Waals surface area contributed by atoms with Crippen molar-refractivity contribution in [3.05, 3.63) is 29.6 Å². The Balaban J connectivity index is 3.10. The van der Waals surface area contributed by atoms with Gasteiger partial charge in [0.15, 0.2) is 0 Å². The van der Waals surface area contributed by atoms with Gasteiger partial charge in [0.05, 0.1) is 0 Å². The third-order valence-corrected chi connectivity index (χ3v) is 4.74. The molecule has 21 heavy (non-hydrogen) atoms. The van der Waals surface area contributed by atoms with Gasteiger partial charge in [-0.3, -0.25) is 0 Å². The summed E-state index contributed by atoms with van der Waals surface area (Å²) in [5, 5.41) is 8.58. The zero-order chi connectivity index (χ0) is 16.3. The first-order valence-electron chi connectivity index (χ1n) is 6.49. The van der Waals surface area contributed by atoms with Crippen LogP contribution >= 0.6 is 0 Å². The molecule has 1 atom stereocenters. The van der Waals surface area contributed by atoms with Gasteiger partial charge < -0.3 is 5.11 Å². The highest BCUT2D eigenvalue weighted by molar-refractivity contribution is 7.89. The van der Waals surface area contributed by atoms with E-state index in [2.05, 4.69) is 16.6 Å². The Morgan fingerprint density at radius 1 is 1.38 bits per heavy atom. The Hall–Kier alpha value is -1.42. The summed E-state index contributed by atoms with van der Waals surface area (Å²) >= 11 is 0. The van der Waals surface area contributed by atoms with Crippen LogP contribution in [0.2, 0.25) is 0 Å². The quantitative estimate of drug-likeness (QED) is 0.837. The van der Waals surface area contributed by atoms with Gasteiger partial charge in [-0.2, -0.15) is 0 Å². The summed E-state index contributed by atoms with van der Waals surface area (Å²) in [7, 11) is -3.93. The van der Waals surface area contributed by atoms with Crippen molar-refractivity contribution in [3.63, 3.8) is 0 Å². The molecule has 0 saturated carbocycles. The molecule has 6 heteroatoms. The van der Waals surface area contributed by atoms with Crippen LogP contribution in [0.25, 0.3) is 0 Å². The molecular formula is C15H20FNO3S. The van der Waals surface area contributed by atoms with Gasteiger partial charge in [0.25, 0.3) is 0 Å². The van der Waals surface area contributed by atoms with Crippen molar-refractivity contribution < 1.29 is 17.9 Å². The monoisotopic (exact) mass is 313 g/mol. The molecule has 0 spiro atoms. The fourth-order valence-corrected chi connectivity index (χ4v) is 2.92. The van der Waals surface area contributed by atoms with Crippen LogP contribution in [0.5, 0.6) is 0 Å². The van der Waals surface area contributed by atoms with Crippen LogP contribution in [-0.2, 0) is 10.0 Å². The van der Waals surface area contributed by atoms with Crippen molar-refractivity contribution in [2.24, 2.45) is 5.41 Å². The van der Waals surface area contributed by atoms with Crippen molar-refractivity contribution in [1.29, 1.82) is 0 Å². The average molecular weight is 313 g/mol. The molecule has 0 bridgehead atoms. The molecule has 0 radical (unpaired) electrons. The summed E-state index contributed by atoms with van der Waals surface area (Å²) in [6.45, 7) is 7.07. The number of rotatable bonds is 3. The zero-order valence-electron chi connectivity index (χ0n) is 12.6. The molecule has 4 nitrogen and oxygen atoms in total. The predicted octanol–water partition coefficient (Wildman–Crippen LogP) is 1.88. The van der Waals surface area contributed by atoms with E-state index in [9.17, 15) is 12.8 Å². The molecule has 0 heterocycles. The predicted molar refractivity (Wildman–Crippen MR) is 79.6 cm³/mol. The fourth-order valence-electron chi connectivity index (χ4n) is 1.41. The summed E-state index contributed by atoms with van der Waals surface area (Å²) in [5.41, 5.74) is 0.0279. The lowest BCUT2D eigenvalue weighted by molar-refractivity contribution is 0.317. The number of sulfonamides is 1. The van der Waals surface area contributed by atoms with Crippen LogP contribution in [0.15, 0.2) is 23.1 Å². The number of benzene rings is 1. The maximum atomic E-state index is 14.0. The molecule has 0 aliphatic rings. The molecule has 0 aliphatic carbocycles. The van der Waals surface area contributed by atoms with Crippen molar-refractivity contribution >= 4 is 10.0 Å². The maximum Gasteiger partial charge on any atom is 0.243 e. The van der Waals surface area contributed by atoms with Gasteiger partial charge >= 0.3 is 0 Å². The number of aliphatic hydroxyl groups excluding tert-OH is 1. The molecule has 1 rings (SSSR count). The smallest absolute Gasteiger partial charge is 0.243 e. The van der Waals surface area contributed by atoms with E-state index < -0.39 is 20.7 Å². The van der Waals surface area contributed by atoms with Crippen LogP contribution in [0.3, 0.4) is 0 Å². The van der Waals surface area contributed by atoms with Gasteiger partial charge in [-0.15, -0.1) is 0 Å². The topological polar surface area (TPSA) is 66.4 Å². The second-order valence-electron chi connectivity index (χ2n) is 5.81. The SMILES string of the molecule is CC(NS(=O)(=O)c1ccc(C#CCO)cc1F)C(C)(C)C. The fraction of sp³-hybridized carbons (Fsp3) is 0.467. The van der Waals surface area contributed by atoms with Crippen molar-refractivity contribution in [2.45, 2.75) is 38.6 Å². The van der Waals surface area contributed by atoms with Gasteiger partial charge in [-0.1, -0.05) is 32.6 Å². The highest BCUT2D eigenvalue weighted by atomic mass is 32.2. The van der Waals surface area contributed by atoms with E-state index in [-0.39, 0.29) is 18.1 Å². The third kappa shape index (κ3) is 4.81. The van der Waals surface area contributed by atoms with Crippen molar-refractivity contribution in [3.8, 4) is 11.8 Å². The van der Waals surface area contributed by atoms with Crippen LogP contribution in [0, 0.1) is 23.1 Å². The molecule has 116 valence electrons. The summed E-state index contributed by atoms with van der Waals surface area (Å²) in [6.07, 6.45) is 0. The normalized spacial score (nSPS) is 13.4. The molecule has 0 fully saturated rings. The van der Waals surface area contributed by atoms with E-state index in [4.69, 9.17) is 5.11 Å². The lowest BCUT2D eigenvalue weighted by Crippen LogP contribution is -2.41. The Bertz CT molecular complexity index is 666. The van der Waals surface area contributed by atoms with Gasteiger partial charge in [-0.05, 0) is 30.5 Å². The minimum Gasteiger partial charge on any atom is -0.384 e. The van der Waals surface area contributed by atoms with Crippen LogP contribution in [-0.4, -0.2) is 26.2 Å². The Morgan fingerprint density at radius 3 is 2.48 bits per heavy atom. The third-order valence-electron chi connectivity index (χ3n) is 3.16. The summed E-state index contributed by atoms with van der Waals surface area (Å²) in [6, 6.07) is 3.27. The molecular weight excluding hydrogens is 293 g/mol. The summed E-state index contributed by atoms with van der Waals surface area (Å²) in [5.74, 6) is 4.03. The lowest BCUT2D eigenvalue weighted by Gasteiger charge is -2.27. The first-order chi connectivity index (χ1) is 9.58. The molecule has 0 saturated heterocycles. The molecule has 1 aromatic carbocycles. The molecule has 1 unspecified atom stereocenters. The largest absolute Gasteiger partial charge is 0.384 e. The number of halogens is 1. The first kappa shape index (κ1) is 17.6. The van der Waals surface area contributed by atoms with Crippen LogP contribution < -0.4 is 4.72 Å². The number of nitrogens with one attached hydrogen (secondary N) is 1. The molecule has 0 aliphatic heterocycles. The first-order valence-corrected chi connectivity index (χ1v) is 7.98. The zero-order valence-corrected chi connectivity index (χ0v) is 13.4. The van der Waals surface area contributed by atoms with E-state index >= 15 is 0 Å². The highest BCUT2D eigenvalue weighted by Gasteiger charge is 2.27. The van der Waals surface area contributed by atoms with E-state index in [1.54, 1.807) is 6.92 Å². The average Bonchev–Trinajstić information content (AvgIpc) is 2.34. The molecule has 0 aromatic heterocycles. The van der Waals surface area contributed by atoms with E-state index in [1.165, 1.54) is 12.1 Å². The number of aliphatic hydroxyl groups is 1. The number of hydrogen-bond acceptors (Lipinski definition) is 3. The highest BCUT2D eigenvalue weighted by Crippen LogP contribution is 2.22. The van der Waals surface area contributed by atoms with Crippen molar-refractivity contribution in [1.82, 2.24) is 4.72 Å². The van der Waals surface area contributed by atoms with Gasteiger partial charge in [-0.25, -0.2) is 17.5 Å². The minimum atomic E-state index is -3.93. The summed E-state index contributed by atoms with van der Waals surface area (Å²) in [4.78, 5) is -0.409. The standard InChI is InChI=1S/C15H20FNO3S/c1-11(15(2,3)4)17-21(19,20)14-8-7-12(6-5-9-18)10-13(14)16/h7-8,10-11,17-18H,9H2,1-4H3. The second kappa shape index (κ2) is 6.56. The number of hydrogen-bond donors (Lipinski definition) is 2. The van der Waals surface area contributed by atoms with Gasteiger partial charge in [0, 0.05) is 11.6 Å². The van der Waals surface area contributed by atoms with Gasteiger partial charge in [0.1, 0.15) is 17.3 Å². The van der Waals surface area contributed by atoms with E-state index in [1.807, 2.05) is 20.8 Å². The maximum absolute atomic E-state index is 14.0. The van der Waals surface area contributed by atoms with Crippen LogP contribution in [0.1, 0.15) is 33.3 Å². The lowest BCUT2D eigenvalue weighted by atomic mass is 9.89. The van der Waals surface area contributed by atoms with E-state index in [0.29, 0.717) is 5.56 Å². The summed E-state index contributed by atoms with van der Waals surface area (Å²) < 4.78 is 40.9. The Kier molecular flexibility index (Phi) is 5.51. The minimum absolute atomic E-state index is 0.282. The Labute approximate surface area is 125 Å². The van der Waals surface area contributed by atoms with E-state index in [0.717, 1.165) is 6.07 Å². The Morgan fingerprint density at radius 2 is 2.00 bits per heavy atom. The van der Waals surface area contributed by atoms with Gasteiger partial charge in [0.2, 0.25) is 10.0 Å².